The molecule has 2 rings (SSSR count). The minimum absolute atomic E-state index is 0.394. The van der Waals surface area contributed by atoms with E-state index >= 15 is 0 Å². The minimum Gasteiger partial charge on any atom is -0.305 e. The molecule has 1 unspecified atom stereocenters. The van der Waals surface area contributed by atoms with E-state index in [4.69, 9.17) is 0 Å². The molecule has 0 spiro atoms. The Balaban J connectivity index is 1.89. The van der Waals surface area contributed by atoms with Crippen molar-refractivity contribution in [3.05, 3.63) is 57.3 Å². The lowest BCUT2D eigenvalue weighted by Crippen LogP contribution is -2.17. The molecular formula is C19H27NS. The van der Waals surface area contributed by atoms with Gasteiger partial charge in [0.1, 0.15) is 0 Å². The summed E-state index contributed by atoms with van der Waals surface area (Å²) in [5.41, 5.74) is 2.81. The number of thiophene rings is 1. The number of nitrogens with one attached hydrogen (secondary N) is 1. The minimum atomic E-state index is 0.394. The SMILES string of the molecule is CCc1ccc(CNC(C)c2ccc(CC(C)C)cc2)s1. The Morgan fingerprint density at radius 1 is 0.952 bits per heavy atom. The summed E-state index contributed by atoms with van der Waals surface area (Å²) in [6.07, 6.45) is 2.30. The van der Waals surface area contributed by atoms with Crippen LogP contribution in [-0.2, 0) is 19.4 Å². The number of aryl methyl sites for hydroxylation is 1. The van der Waals surface area contributed by atoms with Crippen LogP contribution in [0.15, 0.2) is 36.4 Å². The molecule has 0 saturated carbocycles. The molecule has 1 nitrogen and oxygen atoms in total. The van der Waals surface area contributed by atoms with Gasteiger partial charge in [-0.3, -0.25) is 0 Å². The Bertz CT molecular complexity index is 539. The molecule has 1 N–H and O–H groups in total. The van der Waals surface area contributed by atoms with Gasteiger partial charge >= 0.3 is 0 Å². The van der Waals surface area contributed by atoms with Crippen molar-refractivity contribution >= 4 is 11.3 Å². The third kappa shape index (κ3) is 4.98. The topological polar surface area (TPSA) is 12.0 Å². The van der Waals surface area contributed by atoms with Gasteiger partial charge in [-0.15, -0.1) is 11.3 Å². The van der Waals surface area contributed by atoms with E-state index < -0.39 is 0 Å². The van der Waals surface area contributed by atoms with E-state index in [0.717, 1.165) is 25.3 Å². The van der Waals surface area contributed by atoms with Gasteiger partial charge in [0, 0.05) is 22.3 Å². The first-order valence-electron chi connectivity index (χ1n) is 7.98. The Labute approximate surface area is 133 Å². The van der Waals surface area contributed by atoms with E-state index in [1.165, 1.54) is 20.9 Å². The molecule has 2 heteroatoms. The summed E-state index contributed by atoms with van der Waals surface area (Å²) in [6.45, 7) is 9.95. The predicted octanol–water partition coefficient (Wildman–Crippen LogP) is 5.36. The van der Waals surface area contributed by atoms with Crippen LogP contribution in [0.3, 0.4) is 0 Å². The highest BCUT2D eigenvalue weighted by Crippen LogP contribution is 2.19. The third-order valence-corrected chi connectivity index (χ3v) is 5.00. The van der Waals surface area contributed by atoms with Crippen LogP contribution < -0.4 is 5.32 Å². The van der Waals surface area contributed by atoms with Gasteiger partial charge < -0.3 is 5.32 Å². The van der Waals surface area contributed by atoms with Crippen molar-refractivity contribution in [1.29, 1.82) is 0 Å². The van der Waals surface area contributed by atoms with Gasteiger partial charge in [0.05, 0.1) is 0 Å². The zero-order valence-electron chi connectivity index (χ0n) is 13.6. The molecule has 0 fully saturated rings. The van der Waals surface area contributed by atoms with E-state index in [1.54, 1.807) is 0 Å². The molecule has 0 saturated heterocycles. The van der Waals surface area contributed by atoms with Crippen molar-refractivity contribution < 1.29 is 0 Å². The molecule has 1 heterocycles. The maximum Gasteiger partial charge on any atom is 0.0305 e. The number of rotatable bonds is 7. The van der Waals surface area contributed by atoms with Crippen LogP contribution in [0.1, 0.15) is 54.6 Å². The number of benzene rings is 1. The second-order valence-electron chi connectivity index (χ2n) is 6.16. The number of hydrogen-bond acceptors (Lipinski definition) is 2. The standard InChI is InChI=1S/C19H27NS/c1-5-18-10-11-19(21-18)13-20-15(4)17-8-6-16(7-9-17)12-14(2)3/h6-11,14-15,20H,5,12-13H2,1-4H3. The van der Waals surface area contributed by atoms with Gasteiger partial charge in [-0.1, -0.05) is 45.0 Å². The van der Waals surface area contributed by atoms with Crippen LogP contribution >= 0.6 is 11.3 Å². The molecule has 1 aromatic heterocycles. The van der Waals surface area contributed by atoms with Crippen molar-refractivity contribution in [3.8, 4) is 0 Å². The summed E-state index contributed by atoms with van der Waals surface area (Å²) >= 11 is 1.92. The maximum atomic E-state index is 3.62. The van der Waals surface area contributed by atoms with Gasteiger partial charge in [0.15, 0.2) is 0 Å². The van der Waals surface area contributed by atoms with Crippen molar-refractivity contribution in [2.24, 2.45) is 5.92 Å². The van der Waals surface area contributed by atoms with Crippen molar-refractivity contribution in [1.82, 2.24) is 5.32 Å². The predicted molar refractivity (Wildman–Crippen MR) is 93.9 cm³/mol. The summed E-state index contributed by atoms with van der Waals surface area (Å²) < 4.78 is 0. The molecular weight excluding hydrogens is 274 g/mol. The molecule has 0 bridgehead atoms. The highest BCUT2D eigenvalue weighted by atomic mass is 32.1. The average Bonchev–Trinajstić information content (AvgIpc) is 2.93. The molecule has 2 aromatic rings. The number of hydrogen-bond donors (Lipinski definition) is 1. The van der Waals surface area contributed by atoms with Gasteiger partial charge in [-0.05, 0) is 48.9 Å². The fourth-order valence-electron chi connectivity index (χ4n) is 2.49. The summed E-state index contributed by atoms with van der Waals surface area (Å²) in [6, 6.07) is 14.0. The van der Waals surface area contributed by atoms with Crippen LogP contribution in [0.25, 0.3) is 0 Å². The van der Waals surface area contributed by atoms with Crippen LogP contribution in [0.5, 0.6) is 0 Å². The van der Waals surface area contributed by atoms with Crippen LogP contribution in [0.4, 0.5) is 0 Å². The zero-order valence-corrected chi connectivity index (χ0v) is 14.5. The smallest absolute Gasteiger partial charge is 0.0305 e. The lowest BCUT2D eigenvalue weighted by molar-refractivity contribution is 0.578. The Morgan fingerprint density at radius 3 is 2.19 bits per heavy atom. The van der Waals surface area contributed by atoms with Crippen molar-refractivity contribution in [2.45, 2.75) is 53.1 Å². The molecule has 0 aliphatic carbocycles. The Kier molecular flexibility index (Phi) is 6.01. The molecule has 21 heavy (non-hydrogen) atoms. The van der Waals surface area contributed by atoms with E-state index in [9.17, 15) is 0 Å². The van der Waals surface area contributed by atoms with Crippen molar-refractivity contribution in [3.63, 3.8) is 0 Å². The van der Waals surface area contributed by atoms with Gasteiger partial charge in [-0.2, -0.15) is 0 Å². The van der Waals surface area contributed by atoms with Gasteiger partial charge in [0.25, 0.3) is 0 Å². The Morgan fingerprint density at radius 2 is 1.62 bits per heavy atom. The van der Waals surface area contributed by atoms with E-state index in [1.807, 2.05) is 11.3 Å². The highest BCUT2D eigenvalue weighted by Gasteiger charge is 2.06. The molecule has 0 aliphatic heterocycles. The maximum absolute atomic E-state index is 3.62. The van der Waals surface area contributed by atoms with Gasteiger partial charge in [0.2, 0.25) is 0 Å². The fraction of sp³-hybridized carbons (Fsp3) is 0.474. The zero-order chi connectivity index (χ0) is 15.2. The third-order valence-electron chi connectivity index (χ3n) is 3.77. The summed E-state index contributed by atoms with van der Waals surface area (Å²) in [4.78, 5) is 2.90. The quantitative estimate of drug-likeness (QED) is 0.726. The largest absolute Gasteiger partial charge is 0.305 e. The first kappa shape index (κ1) is 16.3. The first-order valence-corrected chi connectivity index (χ1v) is 8.80. The summed E-state index contributed by atoms with van der Waals surface area (Å²) in [7, 11) is 0. The van der Waals surface area contributed by atoms with E-state index in [-0.39, 0.29) is 0 Å². The normalized spacial score (nSPS) is 12.8. The monoisotopic (exact) mass is 301 g/mol. The Hall–Kier alpha value is -1.12. The molecule has 0 radical (unpaired) electrons. The molecule has 1 atom stereocenters. The average molecular weight is 301 g/mol. The summed E-state index contributed by atoms with van der Waals surface area (Å²) in [5, 5.41) is 3.62. The van der Waals surface area contributed by atoms with E-state index in [0.29, 0.717) is 6.04 Å². The second kappa shape index (κ2) is 7.77. The van der Waals surface area contributed by atoms with Crippen molar-refractivity contribution in [2.75, 3.05) is 0 Å². The lowest BCUT2D eigenvalue weighted by atomic mass is 10.00. The molecule has 1 aromatic carbocycles. The second-order valence-corrected chi connectivity index (χ2v) is 7.42. The molecule has 114 valence electrons. The van der Waals surface area contributed by atoms with Gasteiger partial charge in [-0.25, -0.2) is 0 Å². The summed E-state index contributed by atoms with van der Waals surface area (Å²) in [5.74, 6) is 0.720. The fourth-order valence-corrected chi connectivity index (χ4v) is 3.40. The molecule has 0 aliphatic rings. The lowest BCUT2D eigenvalue weighted by Gasteiger charge is -2.14. The molecule has 0 amide bonds. The van der Waals surface area contributed by atoms with Crippen LogP contribution in [0.2, 0.25) is 0 Å². The first-order chi connectivity index (χ1) is 10.1. The van der Waals surface area contributed by atoms with E-state index in [2.05, 4.69) is 69.4 Å². The highest BCUT2D eigenvalue weighted by molar-refractivity contribution is 7.11. The van der Waals surface area contributed by atoms with Crippen LogP contribution in [0, 0.1) is 5.92 Å². The van der Waals surface area contributed by atoms with Crippen LogP contribution in [-0.4, -0.2) is 0 Å².